The van der Waals surface area contributed by atoms with Crippen molar-refractivity contribution in [3.05, 3.63) is 69.9 Å². The first kappa shape index (κ1) is 15.1. The van der Waals surface area contributed by atoms with E-state index in [9.17, 15) is 9.59 Å². The topological polar surface area (TPSA) is 66.3 Å². The number of furan rings is 1. The standard InChI is InChI=1S/C18H18N2O3/c1-3-20(18(22)16-5-4-8-23-16)11-14-10-13-9-12(2)6-7-15(13)19-17(14)21/h4-10H,3,11H2,1-2H3,(H,19,21). The number of benzene rings is 1. The van der Waals surface area contributed by atoms with Gasteiger partial charge in [-0.15, -0.1) is 0 Å². The number of nitrogens with one attached hydrogen (secondary N) is 1. The van der Waals surface area contributed by atoms with Gasteiger partial charge in [-0.25, -0.2) is 0 Å². The summed E-state index contributed by atoms with van der Waals surface area (Å²) in [5.74, 6) is 0.0566. The third kappa shape index (κ3) is 3.04. The van der Waals surface area contributed by atoms with E-state index in [1.54, 1.807) is 17.0 Å². The summed E-state index contributed by atoms with van der Waals surface area (Å²) in [5.41, 5.74) is 2.30. The molecule has 23 heavy (non-hydrogen) atoms. The summed E-state index contributed by atoms with van der Waals surface area (Å²) in [4.78, 5) is 29.1. The molecule has 1 amide bonds. The van der Waals surface area contributed by atoms with Crippen molar-refractivity contribution >= 4 is 16.8 Å². The molecule has 0 aliphatic heterocycles. The largest absolute Gasteiger partial charge is 0.459 e. The van der Waals surface area contributed by atoms with E-state index in [-0.39, 0.29) is 23.8 Å². The van der Waals surface area contributed by atoms with Crippen LogP contribution in [-0.2, 0) is 6.54 Å². The molecule has 1 aromatic carbocycles. The number of H-pyrrole nitrogens is 1. The molecule has 3 rings (SSSR count). The first-order valence-corrected chi connectivity index (χ1v) is 7.54. The molecule has 0 unspecified atom stereocenters. The number of aromatic amines is 1. The molecule has 1 N–H and O–H groups in total. The minimum atomic E-state index is -0.221. The van der Waals surface area contributed by atoms with Gasteiger partial charge in [-0.2, -0.15) is 0 Å². The lowest BCUT2D eigenvalue weighted by molar-refractivity contribution is 0.0720. The Balaban J connectivity index is 1.94. The first-order valence-electron chi connectivity index (χ1n) is 7.54. The van der Waals surface area contributed by atoms with Crippen LogP contribution < -0.4 is 5.56 Å². The van der Waals surface area contributed by atoms with E-state index in [2.05, 4.69) is 4.98 Å². The van der Waals surface area contributed by atoms with Crippen molar-refractivity contribution in [2.24, 2.45) is 0 Å². The Bertz CT molecular complexity index is 894. The molecule has 0 saturated carbocycles. The first-order chi connectivity index (χ1) is 11.1. The van der Waals surface area contributed by atoms with Crippen molar-refractivity contribution in [1.29, 1.82) is 0 Å². The number of aromatic nitrogens is 1. The number of fused-ring (bicyclic) bond motifs is 1. The second-order valence-corrected chi connectivity index (χ2v) is 5.51. The van der Waals surface area contributed by atoms with E-state index in [1.807, 2.05) is 38.1 Å². The predicted molar refractivity (Wildman–Crippen MR) is 88.4 cm³/mol. The molecule has 0 aliphatic rings. The summed E-state index contributed by atoms with van der Waals surface area (Å²) in [6.07, 6.45) is 1.46. The van der Waals surface area contributed by atoms with Gasteiger partial charge in [0.05, 0.1) is 12.8 Å². The van der Waals surface area contributed by atoms with Gasteiger partial charge in [0.25, 0.3) is 11.5 Å². The van der Waals surface area contributed by atoms with Crippen LogP contribution in [-0.4, -0.2) is 22.3 Å². The fraction of sp³-hybridized carbons (Fsp3) is 0.222. The number of aryl methyl sites for hydroxylation is 1. The molecule has 0 saturated heterocycles. The molecule has 0 bridgehead atoms. The van der Waals surface area contributed by atoms with Crippen LogP contribution in [0.2, 0.25) is 0 Å². The normalized spacial score (nSPS) is 10.9. The van der Waals surface area contributed by atoms with Crippen molar-refractivity contribution in [3.8, 4) is 0 Å². The van der Waals surface area contributed by atoms with Crippen LogP contribution in [0.5, 0.6) is 0 Å². The molecule has 0 radical (unpaired) electrons. The summed E-state index contributed by atoms with van der Waals surface area (Å²) >= 11 is 0. The number of rotatable bonds is 4. The second-order valence-electron chi connectivity index (χ2n) is 5.51. The van der Waals surface area contributed by atoms with E-state index in [0.29, 0.717) is 12.1 Å². The van der Waals surface area contributed by atoms with Gasteiger partial charge in [-0.1, -0.05) is 11.6 Å². The van der Waals surface area contributed by atoms with Gasteiger partial charge >= 0.3 is 0 Å². The molecule has 118 valence electrons. The molecule has 5 heteroatoms. The Morgan fingerprint density at radius 2 is 2.09 bits per heavy atom. The van der Waals surface area contributed by atoms with Crippen LogP contribution in [0, 0.1) is 6.92 Å². The molecule has 0 spiro atoms. The van der Waals surface area contributed by atoms with Crippen LogP contribution in [0.25, 0.3) is 10.9 Å². The van der Waals surface area contributed by atoms with Gasteiger partial charge in [0, 0.05) is 17.6 Å². The molecule has 0 atom stereocenters. The zero-order valence-corrected chi connectivity index (χ0v) is 13.1. The molecule has 0 aliphatic carbocycles. The Kier molecular flexibility index (Phi) is 4.02. The number of hydrogen-bond acceptors (Lipinski definition) is 3. The van der Waals surface area contributed by atoms with E-state index >= 15 is 0 Å². The molecule has 3 aromatic rings. The Morgan fingerprint density at radius 3 is 2.78 bits per heavy atom. The maximum absolute atomic E-state index is 12.4. The number of pyridine rings is 1. The quantitative estimate of drug-likeness (QED) is 0.805. The summed E-state index contributed by atoms with van der Waals surface area (Å²) < 4.78 is 5.15. The van der Waals surface area contributed by atoms with Crippen molar-refractivity contribution in [3.63, 3.8) is 0 Å². The van der Waals surface area contributed by atoms with Crippen molar-refractivity contribution < 1.29 is 9.21 Å². The van der Waals surface area contributed by atoms with Gasteiger partial charge in [-0.05, 0) is 49.6 Å². The minimum absolute atomic E-state index is 0.174. The zero-order valence-electron chi connectivity index (χ0n) is 13.1. The maximum atomic E-state index is 12.4. The smallest absolute Gasteiger partial charge is 0.289 e. The monoisotopic (exact) mass is 310 g/mol. The van der Waals surface area contributed by atoms with E-state index in [1.165, 1.54) is 6.26 Å². The van der Waals surface area contributed by atoms with Gasteiger partial charge < -0.3 is 14.3 Å². The fourth-order valence-corrected chi connectivity index (χ4v) is 2.58. The number of nitrogens with zero attached hydrogens (tertiary/aromatic N) is 1. The van der Waals surface area contributed by atoms with Crippen LogP contribution >= 0.6 is 0 Å². The highest BCUT2D eigenvalue weighted by atomic mass is 16.3. The maximum Gasteiger partial charge on any atom is 0.289 e. The van der Waals surface area contributed by atoms with Crippen LogP contribution in [0.15, 0.2) is 51.9 Å². The molecule has 2 heterocycles. The molecule has 5 nitrogen and oxygen atoms in total. The van der Waals surface area contributed by atoms with Gasteiger partial charge in [-0.3, -0.25) is 9.59 Å². The number of amides is 1. The molecule has 0 fully saturated rings. The Hall–Kier alpha value is -2.82. The van der Waals surface area contributed by atoms with Crippen molar-refractivity contribution in [2.45, 2.75) is 20.4 Å². The summed E-state index contributed by atoms with van der Waals surface area (Å²) in [6.45, 7) is 4.61. The lowest BCUT2D eigenvalue weighted by Gasteiger charge is -2.19. The third-order valence-corrected chi connectivity index (χ3v) is 3.84. The minimum Gasteiger partial charge on any atom is -0.459 e. The van der Waals surface area contributed by atoms with Crippen molar-refractivity contribution in [1.82, 2.24) is 9.88 Å². The van der Waals surface area contributed by atoms with Crippen LogP contribution in [0.4, 0.5) is 0 Å². The second kappa shape index (κ2) is 6.12. The molecular formula is C18H18N2O3. The predicted octanol–water partition coefficient (Wildman–Crippen LogP) is 3.09. The van der Waals surface area contributed by atoms with E-state index in [0.717, 1.165) is 16.5 Å². The highest BCUT2D eigenvalue weighted by Crippen LogP contribution is 2.15. The zero-order chi connectivity index (χ0) is 16.4. The van der Waals surface area contributed by atoms with Gasteiger partial charge in [0.2, 0.25) is 0 Å². The van der Waals surface area contributed by atoms with Gasteiger partial charge in [0.15, 0.2) is 5.76 Å². The van der Waals surface area contributed by atoms with Crippen LogP contribution in [0.3, 0.4) is 0 Å². The molecular weight excluding hydrogens is 292 g/mol. The number of carbonyl (C=O) groups excluding carboxylic acids is 1. The Labute approximate surface area is 133 Å². The average Bonchev–Trinajstić information content (AvgIpc) is 3.07. The average molecular weight is 310 g/mol. The summed E-state index contributed by atoms with van der Waals surface area (Å²) in [5, 5.41) is 0.959. The highest BCUT2D eigenvalue weighted by molar-refractivity contribution is 5.91. The van der Waals surface area contributed by atoms with Gasteiger partial charge in [0.1, 0.15) is 0 Å². The number of hydrogen-bond donors (Lipinski definition) is 1. The highest BCUT2D eigenvalue weighted by Gasteiger charge is 2.18. The SMILES string of the molecule is CCN(Cc1cc2cc(C)ccc2[nH]c1=O)C(=O)c1ccco1. The fourth-order valence-electron chi connectivity index (χ4n) is 2.58. The van der Waals surface area contributed by atoms with E-state index in [4.69, 9.17) is 4.42 Å². The summed E-state index contributed by atoms with van der Waals surface area (Å²) in [6, 6.07) is 11.0. The lowest BCUT2D eigenvalue weighted by atomic mass is 10.1. The van der Waals surface area contributed by atoms with Crippen molar-refractivity contribution in [2.75, 3.05) is 6.54 Å². The Morgan fingerprint density at radius 1 is 1.26 bits per heavy atom. The number of carbonyl (C=O) groups is 1. The third-order valence-electron chi connectivity index (χ3n) is 3.84. The van der Waals surface area contributed by atoms with Crippen LogP contribution in [0.1, 0.15) is 28.6 Å². The van der Waals surface area contributed by atoms with E-state index < -0.39 is 0 Å². The lowest BCUT2D eigenvalue weighted by Crippen LogP contribution is -2.32. The summed E-state index contributed by atoms with van der Waals surface area (Å²) in [7, 11) is 0. The molecule has 2 aromatic heterocycles.